The number of unbranched alkanes of at least 4 members (excludes halogenated alkanes) is 2. The lowest BCUT2D eigenvalue weighted by Crippen LogP contribution is -2.40. The molecule has 0 heterocycles. The summed E-state index contributed by atoms with van der Waals surface area (Å²) in [4.78, 5) is 35.0. The highest BCUT2D eigenvalue weighted by Crippen LogP contribution is 2.03. The first-order valence-electron chi connectivity index (χ1n) is 8.32. The molecular weight excluding hydrogens is 350 g/mol. The van der Waals surface area contributed by atoms with Crippen LogP contribution in [0.4, 0.5) is 0 Å². The minimum absolute atomic E-state index is 0.0296. The van der Waals surface area contributed by atoms with Crippen LogP contribution in [0.5, 0.6) is 0 Å². The minimum Gasteiger partial charge on any atom is -0.355 e. The summed E-state index contributed by atoms with van der Waals surface area (Å²) in [6.07, 6.45) is 3.05. The van der Waals surface area contributed by atoms with Gasteiger partial charge in [-0.3, -0.25) is 18.9 Å². The van der Waals surface area contributed by atoms with Crippen molar-refractivity contribution in [3.05, 3.63) is 0 Å². The Hall–Kier alpha value is -1.52. The molecule has 0 aromatic rings. The van der Waals surface area contributed by atoms with Gasteiger partial charge < -0.3 is 16.0 Å². The Labute approximate surface area is 149 Å². The molecule has 0 aromatic heterocycles. The van der Waals surface area contributed by atoms with Gasteiger partial charge in [0.05, 0.1) is 11.8 Å². The molecule has 0 aliphatic heterocycles. The molecule has 0 spiro atoms. The maximum atomic E-state index is 11.8. The number of hydrogen-bond acceptors (Lipinski definition) is 6. The summed E-state index contributed by atoms with van der Waals surface area (Å²) >= 11 is 0. The number of carbonyl (C=O) groups is 3. The van der Waals surface area contributed by atoms with E-state index in [0.29, 0.717) is 6.42 Å². The second kappa shape index (κ2) is 12.8. The Morgan fingerprint density at radius 3 is 2.24 bits per heavy atom. The lowest BCUT2D eigenvalue weighted by atomic mass is 10.1. The molecule has 1 atom stereocenters. The number of ketones is 1. The van der Waals surface area contributed by atoms with Gasteiger partial charge in [0.15, 0.2) is 5.78 Å². The zero-order chi connectivity index (χ0) is 19.3. The molecule has 0 saturated heterocycles. The first-order chi connectivity index (χ1) is 11.7. The third-order valence-electron chi connectivity index (χ3n) is 3.50. The maximum absolute atomic E-state index is 11.8. The van der Waals surface area contributed by atoms with Crippen molar-refractivity contribution in [1.29, 1.82) is 0 Å². The van der Waals surface area contributed by atoms with E-state index in [9.17, 15) is 22.8 Å². The molecule has 0 saturated carbocycles. The van der Waals surface area contributed by atoms with Gasteiger partial charge in [-0.15, -0.1) is 0 Å². The van der Waals surface area contributed by atoms with E-state index in [1.54, 1.807) is 0 Å². The molecule has 146 valence electrons. The third-order valence-corrected chi connectivity index (χ3v) is 4.22. The molecule has 2 amide bonds. The van der Waals surface area contributed by atoms with Crippen molar-refractivity contribution in [3.8, 4) is 0 Å². The quantitative estimate of drug-likeness (QED) is 0.238. The second-order valence-electron chi connectivity index (χ2n) is 5.82. The van der Waals surface area contributed by atoms with Crippen LogP contribution in [0, 0.1) is 0 Å². The Morgan fingerprint density at radius 2 is 1.68 bits per heavy atom. The highest BCUT2D eigenvalue weighted by molar-refractivity contribution is 7.85. The predicted molar refractivity (Wildman–Crippen MR) is 93.7 cm³/mol. The standard InChI is InChI=1S/C15H29N3O6S/c1-12(19)13(18-15(21)6-4-3-5-9-16-2)7-8-14(20)17-10-11-25(22,23)24/h13,16H,3-11H2,1-2H3,(H,17,20)(H,18,21)(H,22,23,24). The van der Waals surface area contributed by atoms with Crippen molar-refractivity contribution < 1.29 is 27.4 Å². The van der Waals surface area contributed by atoms with Crippen molar-refractivity contribution in [1.82, 2.24) is 16.0 Å². The Kier molecular flexibility index (Phi) is 12.0. The third kappa shape index (κ3) is 14.5. The van der Waals surface area contributed by atoms with E-state index in [2.05, 4.69) is 16.0 Å². The first-order valence-corrected chi connectivity index (χ1v) is 9.93. The second-order valence-corrected chi connectivity index (χ2v) is 7.39. The molecule has 9 nitrogen and oxygen atoms in total. The van der Waals surface area contributed by atoms with Crippen LogP contribution in [0.3, 0.4) is 0 Å². The van der Waals surface area contributed by atoms with Crippen LogP contribution in [0.2, 0.25) is 0 Å². The Balaban J connectivity index is 4.10. The molecule has 0 aliphatic carbocycles. The smallest absolute Gasteiger partial charge is 0.266 e. The molecule has 4 N–H and O–H groups in total. The molecule has 0 bridgehead atoms. The van der Waals surface area contributed by atoms with Crippen molar-refractivity contribution in [2.24, 2.45) is 0 Å². The molecule has 1 unspecified atom stereocenters. The first kappa shape index (κ1) is 23.5. The van der Waals surface area contributed by atoms with Gasteiger partial charge in [0.1, 0.15) is 0 Å². The summed E-state index contributed by atoms with van der Waals surface area (Å²) in [7, 11) is -2.26. The normalized spacial score (nSPS) is 12.4. The SMILES string of the molecule is CNCCCCCC(=O)NC(CCC(=O)NCCS(=O)(=O)O)C(C)=O. The Bertz CT molecular complexity index is 535. The lowest BCUT2D eigenvalue weighted by molar-refractivity contribution is -0.128. The topological polar surface area (TPSA) is 142 Å². The van der Waals surface area contributed by atoms with Gasteiger partial charge in [-0.1, -0.05) is 6.42 Å². The van der Waals surface area contributed by atoms with Crippen molar-refractivity contribution >= 4 is 27.7 Å². The lowest BCUT2D eigenvalue weighted by Gasteiger charge is -2.15. The van der Waals surface area contributed by atoms with Crippen LogP contribution in [0.1, 0.15) is 45.4 Å². The molecule has 0 rings (SSSR count). The molecule has 0 aliphatic rings. The molecular formula is C15H29N3O6S. The highest BCUT2D eigenvalue weighted by Gasteiger charge is 2.18. The van der Waals surface area contributed by atoms with Crippen molar-refractivity contribution in [2.75, 3.05) is 25.9 Å². The van der Waals surface area contributed by atoms with E-state index in [-0.39, 0.29) is 31.1 Å². The summed E-state index contributed by atoms with van der Waals surface area (Å²) in [6, 6.07) is -0.739. The number of amides is 2. The van der Waals surface area contributed by atoms with Crippen molar-refractivity contribution in [3.63, 3.8) is 0 Å². The number of carbonyl (C=O) groups excluding carboxylic acids is 3. The van der Waals surface area contributed by atoms with Gasteiger partial charge in [-0.25, -0.2) is 0 Å². The highest BCUT2D eigenvalue weighted by atomic mass is 32.2. The van der Waals surface area contributed by atoms with Crippen LogP contribution in [0.25, 0.3) is 0 Å². The zero-order valence-corrected chi connectivity index (χ0v) is 15.7. The number of hydrogen-bond donors (Lipinski definition) is 4. The van der Waals surface area contributed by atoms with Gasteiger partial charge in [0, 0.05) is 19.4 Å². The minimum atomic E-state index is -4.13. The Morgan fingerprint density at radius 1 is 1.00 bits per heavy atom. The molecule has 0 radical (unpaired) electrons. The summed E-state index contributed by atoms with van der Waals surface area (Å²) in [5, 5.41) is 7.98. The molecule has 0 aromatic carbocycles. The van der Waals surface area contributed by atoms with Crippen LogP contribution >= 0.6 is 0 Å². The number of nitrogens with one attached hydrogen (secondary N) is 3. The maximum Gasteiger partial charge on any atom is 0.266 e. The summed E-state index contributed by atoms with van der Waals surface area (Å²) in [5.41, 5.74) is 0. The van der Waals surface area contributed by atoms with Gasteiger partial charge in [-0.2, -0.15) is 8.42 Å². The predicted octanol–water partition coefficient (Wildman–Crippen LogP) is -0.376. The van der Waals surface area contributed by atoms with E-state index >= 15 is 0 Å². The average Bonchev–Trinajstić information content (AvgIpc) is 2.49. The van der Waals surface area contributed by atoms with Crippen LogP contribution in [-0.2, 0) is 24.5 Å². The molecule has 25 heavy (non-hydrogen) atoms. The number of Topliss-reactive ketones (excluding diaryl/α,β-unsaturated/α-hetero) is 1. The van der Waals surface area contributed by atoms with Crippen molar-refractivity contribution in [2.45, 2.75) is 51.5 Å². The van der Waals surface area contributed by atoms with E-state index in [1.807, 2.05) is 7.05 Å². The van der Waals surface area contributed by atoms with Gasteiger partial charge in [-0.05, 0) is 39.8 Å². The van der Waals surface area contributed by atoms with Gasteiger partial charge in [0.2, 0.25) is 11.8 Å². The van der Waals surface area contributed by atoms with Crippen LogP contribution in [-0.4, -0.2) is 62.5 Å². The molecule has 0 fully saturated rings. The summed E-state index contributed by atoms with van der Waals surface area (Å²) in [5.74, 6) is -1.49. The largest absolute Gasteiger partial charge is 0.355 e. The molecule has 10 heteroatoms. The monoisotopic (exact) mass is 379 g/mol. The van der Waals surface area contributed by atoms with E-state index < -0.39 is 27.8 Å². The van der Waals surface area contributed by atoms with Gasteiger partial charge in [0.25, 0.3) is 10.1 Å². The number of rotatable bonds is 14. The average molecular weight is 379 g/mol. The fourth-order valence-electron chi connectivity index (χ4n) is 2.09. The fourth-order valence-corrected chi connectivity index (χ4v) is 2.45. The van der Waals surface area contributed by atoms with Gasteiger partial charge >= 0.3 is 0 Å². The van der Waals surface area contributed by atoms with E-state index in [0.717, 1.165) is 25.8 Å². The summed E-state index contributed by atoms with van der Waals surface area (Å²) < 4.78 is 29.6. The fraction of sp³-hybridized carbons (Fsp3) is 0.800. The van der Waals surface area contributed by atoms with Crippen LogP contribution in [0.15, 0.2) is 0 Å². The van der Waals surface area contributed by atoms with E-state index in [1.165, 1.54) is 6.92 Å². The summed E-state index contributed by atoms with van der Waals surface area (Å²) in [6.45, 7) is 2.03. The zero-order valence-electron chi connectivity index (χ0n) is 14.8. The van der Waals surface area contributed by atoms with E-state index in [4.69, 9.17) is 4.55 Å². The van der Waals surface area contributed by atoms with Crippen LogP contribution < -0.4 is 16.0 Å².